The maximum absolute atomic E-state index is 9.55. The van der Waals surface area contributed by atoms with Crippen LogP contribution in [-0.2, 0) is 0 Å². The van der Waals surface area contributed by atoms with Crippen LogP contribution >= 0.6 is 27.7 Å². The van der Waals surface area contributed by atoms with Crippen molar-refractivity contribution in [2.75, 3.05) is 12.3 Å². The molecule has 1 saturated carbocycles. The highest BCUT2D eigenvalue weighted by Crippen LogP contribution is 2.38. The second-order valence-corrected chi connectivity index (χ2v) is 7.38. The standard InChI is InChI=1S/C16H21BrN2S/c1-2-19-16(12-18)9-4-5-13(16)8-10-20-15-7-3-6-14(17)11-15/h3,6-7,11,13,19H,2,4-5,8-10H2,1H3. The van der Waals surface area contributed by atoms with E-state index in [0.717, 1.165) is 29.6 Å². The summed E-state index contributed by atoms with van der Waals surface area (Å²) in [7, 11) is 0. The third-order valence-electron chi connectivity index (χ3n) is 4.04. The average molecular weight is 353 g/mol. The van der Waals surface area contributed by atoms with Crippen LogP contribution in [0.15, 0.2) is 33.6 Å². The number of hydrogen-bond donors (Lipinski definition) is 1. The van der Waals surface area contributed by atoms with Gasteiger partial charge < -0.3 is 0 Å². The molecule has 1 fully saturated rings. The van der Waals surface area contributed by atoms with E-state index in [1.165, 1.54) is 17.7 Å². The molecule has 0 bridgehead atoms. The lowest BCUT2D eigenvalue weighted by atomic mass is 9.86. The molecule has 2 unspecified atom stereocenters. The molecule has 1 aliphatic carbocycles. The van der Waals surface area contributed by atoms with E-state index in [0.29, 0.717) is 5.92 Å². The fourth-order valence-corrected chi connectivity index (χ4v) is 4.65. The molecule has 0 amide bonds. The van der Waals surface area contributed by atoms with Crippen LogP contribution in [-0.4, -0.2) is 17.8 Å². The maximum atomic E-state index is 9.55. The molecule has 1 aromatic carbocycles. The Bertz CT molecular complexity index is 486. The van der Waals surface area contributed by atoms with Crippen LogP contribution < -0.4 is 5.32 Å². The minimum absolute atomic E-state index is 0.271. The molecule has 2 rings (SSSR count). The lowest BCUT2D eigenvalue weighted by Gasteiger charge is -2.29. The lowest BCUT2D eigenvalue weighted by Crippen LogP contribution is -2.47. The number of nitrogens with zero attached hydrogens (tertiary/aromatic N) is 1. The first kappa shape index (κ1) is 15.9. The van der Waals surface area contributed by atoms with Crippen molar-refractivity contribution in [3.8, 4) is 6.07 Å². The van der Waals surface area contributed by atoms with Crippen molar-refractivity contribution < 1.29 is 0 Å². The summed E-state index contributed by atoms with van der Waals surface area (Å²) in [5.74, 6) is 1.57. The van der Waals surface area contributed by atoms with Crippen molar-refractivity contribution in [2.24, 2.45) is 5.92 Å². The monoisotopic (exact) mass is 352 g/mol. The van der Waals surface area contributed by atoms with Gasteiger partial charge in [-0.05, 0) is 55.7 Å². The minimum atomic E-state index is -0.271. The number of benzene rings is 1. The first-order chi connectivity index (χ1) is 9.70. The lowest BCUT2D eigenvalue weighted by molar-refractivity contribution is 0.317. The van der Waals surface area contributed by atoms with E-state index in [1.54, 1.807) is 0 Å². The van der Waals surface area contributed by atoms with Crippen molar-refractivity contribution >= 4 is 27.7 Å². The highest BCUT2D eigenvalue weighted by molar-refractivity contribution is 9.10. The Morgan fingerprint density at radius 1 is 1.55 bits per heavy atom. The van der Waals surface area contributed by atoms with Crippen molar-refractivity contribution in [3.05, 3.63) is 28.7 Å². The van der Waals surface area contributed by atoms with Gasteiger partial charge in [-0.25, -0.2) is 0 Å². The van der Waals surface area contributed by atoms with Gasteiger partial charge >= 0.3 is 0 Å². The van der Waals surface area contributed by atoms with E-state index in [9.17, 15) is 5.26 Å². The number of nitriles is 1. The molecule has 4 heteroatoms. The summed E-state index contributed by atoms with van der Waals surface area (Å²) < 4.78 is 1.13. The molecule has 1 N–H and O–H groups in total. The van der Waals surface area contributed by atoms with E-state index < -0.39 is 0 Å². The molecule has 0 spiro atoms. The molecule has 1 aromatic rings. The summed E-state index contributed by atoms with van der Waals surface area (Å²) >= 11 is 5.39. The molecule has 108 valence electrons. The molecule has 0 radical (unpaired) electrons. The van der Waals surface area contributed by atoms with Crippen LogP contribution in [0.1, 0.15) is 32.6 Å². The van der Waals surface area contributed by atoms with Crippen molar-refractivity contribution in [2.45, 2.75) is 43.0 Å². The largest absolute Gasteiger partial charge is 0.299 e. The average Bonchev–Trinajstić information content (AvgIpc) is 2.83. The Kier molecular flexibility index (Phi) is 5.95. The van der Waals surface area contributed by atoms with Gasteiger partial charge in [0, 0.05) is 9.37 Å². The Labute approximate surface area is 134 Å². The summed E-state index contributed by atoms with van der Waals surface area (Å²) in [6, 6.07) is 11.0. The van der Waals surface area contributed by atoms with Crippen molar-refractivity contribution in [3.63, 3.8) is 0 Å². The van der Waals surface area contributed by atoms with E-state index in [2.05, 4.69) is 52.4 Å². The Morgan fingerprint density at radius 2 is 2.40 bits per heavy atom. The van der Waals surface area contributed by atoms with E-state index in [-0.39, 0.29) is 5.54 Å². The second-order valence-electron chi connectivity index (χ2n) is 5.30. The topological polar surface area (TPSA) is 35.8 Å². The first-order valence-corrected chi connectivity index (χ1v) is 9.02. The van der Waals surface area contributed by atoms with Gasteiger partial charge in [0.25, 0.3) is 0 Å². The normalized spacial score (nSPS) is 25.6. The van der Waals surface area contributed by atoms with Crippen molar-refractivity contribution in [1.82, 2.24) is 5.32 Å². The number of hydrogen-bond acceptors (Lipinski definition) is 3. The van der Waals surface area contributed by atoms with E-state index in [4.69, 9.17) is 0 Å². The van der Waals surface area contributed by atoms with Crippen LogP contribution in [0.25, 0.3) is 0 Å². The Balaban J connectivity index is 1.88. The third kappa shape index (κ3) is 3.78. The number of halogens is 1. The molecule has 2 nitrogen and oxygen atoms in total. The van der Waals surface area contributed by atoms with Crippen LogP contribution in [0.5, 0.6) is 0 Å². The third-order valence-corrected chi connectivity index (χ3v) is 5.56. The second kappa shape index (κ2) is 7.49. The smallest absolute Gasteiger partial charge is 0.109 e. The Hall–Kier alpha value is -0.500. The van der Waals surface area contributed by atoms with Gasteiger partial charge in [0.05, 0.1) is 6.07 Å². The van der Waals surface area contributed by atoms with Crippen LogP contribution in [0.4, 0.5) is 0 Å². The minimum Gasteiger partial charge on any atom is -0.299 e. The molecular weight excluding hydrogens is 332 g/mol. The van der Waals surface area contributed by atoms with Gasteiger partial charge in [0.2, 0.25) is 0 Å². The molecule has 0 saturated heterocycles. The summed E-state index contributed by atoms with van der Waals surface area (Å²) in [5.41, 5.74) is -0.271. The van der Waals surface area contributed by atoms with Gasteiger partial charge in [-0.2, -0.15) is 5.26 Å². The first-order valence-electron chi connectivity index (χ1n) is 7.25. The molecule has 0 aliphatic heterocycles. The molecule has 0 aromatic heterocycles. The van der Waals surface area contributed by atoms with Gasteiger partial charge in [0.15, 0.2) is 0 Å². The zero-order valence-electron chi connectivity index (χ0n) is 11.9. The van der Waals surface area contributed by atoms with E-state index >= 15 is 0 Å². The summed E-state index contributed by atoms with van der Waals surface area (Å²) in [4.78, 5) is 1.29. The van der Waals surface area contributed by atoms with Gasteiger partial charge in [-0.15, -0.1) is 11.8 Å². The fourth-order valence-electron chi connectivity index (χ4n) is 3.08. The van der Waals surface area contributed by atoms with Crippen LogP contribution in [0.3, 0.4) is 0 Å². The van der Waals surface area contributed by atoms with Gasteiger partial charge in [0.1, 0.15) is 5.54 Å². The molecular formula is C16H21BrN2S. The fraction of sp³-hybridized carbons (Fsp3) is 0.562. The zero-order valence-corrected chi connectivity index (χ0v) is 14.3. The maximum Gasteiger partial charge on any atom is 0.109 e. The van der Waals surface area contributed by atoms with Crippen LogP contribution in [0.2, 0.25) is 0 Å². The zero-order chi connectivity index (χ0) is 14.4. The number of thioether (sulfide) groups is 1. The molecule has 1 aliphatic rings. The van der Waals surface area contributed by atoms with Crippen LogP contribution in [0, 0.1) is 17.2 Å². The van der Waals surface area contributed by atoms with Gasteiger partial charge in [-0.1, -0.05) is 35.3 Å². The SMILES string of the molecule is CCNC1(C#N)CCCC1CCSc1cccc(Br)c1. The Morgan fingerprint density at radius 3 is 3.10 bits per heavy atom. The quantitative estimate of drug-likeness (QED) is 0.759. The molecule has 20 heavy (non-hydrogen) atoms. The molecule has 0 heterocycles. The number of rotatable bonds is 6. The van der Waals surface area contributed by atoms with E-state index in [1.807, 2.05) is 17.8 Å². The molecule has 2 atom stereocenters. The highest BCUT2D eigenvalue weighted by atomic mass is 79.9. The highest BCUT2D eigenvalue weighted by Gasteiger charge is 2.41. The van der Waals surface area contributed by atoms with Gasteiger partial charge in [-0.3, -0.25) is 5.32 Å². The summed E-state index contributed by atoms with van der Waals surface area (Å²) in [6.07, 6.45) is 4.47. The summed E-state index contributed by atoms with van der Waals surface area (Å²) in [6.45, 7) is 2.97. The summed E-state index contributed by atoms with van der Waals surface area (Å²) in [5, 5.41) is 13.0. The predicted molar refractivity (Wildman–Crippen MR) is 88.8 cm³/mol. The van der Waals surface area contributed by atoms with Crippen molar-refractivity contribution in [1.29, 1.82) is 5.26 Å². The number of nitrogens with one attached hydrogen (secondary N) is 1. The predicted octanol–water partition coefficient (Wildman–Crippen LogP) is 4.60.